The molecule has 1 amide bonds. The molecule has 0 fully saturated rings. The van der Waals surface area contributed by atoms with E-state index in [2.05, 4.69) is 11.2 Å². The van der Waals surface area contributed by atoms with Gasteiger partial charge in [-0.15, -0.1) is 12.3 Å². The molecule has 6 heteroatoms. The van der Waals surface area contributed by atoms with Gasteiger partial charge >= 0.3 is 11.9 Å². The van der Waals surface area contributed by atoms with Crippen LogP contribution in [0.4, 0.5) is 0 Å². The molecule has 0 aliphatic rings. The van der Waals surface area contributed by atoms with Gasteiger partial charge in [0.1, 0.15) is 6.04 Å². The topological polar surface area (TPSA) is 104 Å². The summed E-state index contributed by atoms with van der Waals surface area (Å²) >= 11 is 0. The lowest BCUT2D eigenvalue weighted by Gasteiger charge is -2.11. The summed E-state index contributed by atoms with van der Waals surface area (Å²) in [7, 11) is 0. The fourth-order valence-corrected chi connectivity index (χ4v) is 0.827. The zero-order valence-electron chi connectivity index (χ0n) is 7.90. The Hall–Kier alpha value is -2.03. The molecule has 82 valence electrons. The quantitative estimate of drug-likeness (QED) is 0.513. The molecule has 0 aromatic heterocycles. The molecule has 0 aromatic rings. The molecule has 0 rings (SSSR count). The molecule has 6 nitrogen and oxygen atoms in total. The Morgan fingerprint density at radius 3 is 2.33 bits per heavy atom. The highest BCUT2D eigenvalue weighted by atomic mass is 16.4. The van der Waals surface area contributed by atoms with E-state index >= 15 is 0 Å². The molecule has 0 aliphatic heterocycles. The van der Waals surface area contributed by atoms with Crippen LogP contribution in [-0.4, -0.2) is 34.1 Å². The number of terminal acetylenes is 1. The van der Waals surface area contributed by atoms with Gasteiger partial charge in [-0.25, -0.2) is 4.79 Å². The van der Waals surface area contributed by atoms with Crippen LogP contribution in [-0.2, 0) is 14.4 Å². The molecular formula is C9H11NO5. The maximum Gasteiger partial charge on any atom is 0.326 e. The van der Waals surface area contributed by atoms with Crippen LogP contribution in [0.25, 0.3) is 0 Å². The summed E-state index contributed by atoms with van der Waals surface area (Å²) in [6.45, 7) is 0. The first kappa shape index (κ1) is 13.0. The molecule has 0 aliphatic carbocycles. The highest BCUT2D eigenvalue weighted by Crippen LogP contribution is 1.95. The number of amides is 1. The molecule has 0 saturated heterocycles. The van der Waals surface area contributed by atoms with Crippen molar-refractivity contribution in [2.24, 2.45) is 0 Å². The van der Waals surface area contributed by atoms with Crippen molar-refractivity contribution >= 4 is 17.8 Å². The Morgan fingerprint density at radius 2 is 1.93 bits per heavy atom. The smallest absolute Gasteiger partial charge is 0.326 e. The molecule has 0 spiro atoms. The van der Waals surface area contributed by atoms with E-state index < -0.39 is 30.3 Å². The third-order valence-corrected chi connectivity index (χ3v) is 1.51. The fourth-order valence-electron chi connectivity index (χ4n) is 0.827. The van der Waals surface area contributed by atoms with Crippen LogP contribution in [0.5, 0.6) is 0 Å². The number of rotatable bonds is 6. The Morgan fingerprint density at radius 1 is 1.33 bits per heavy atom. The van der Waals surface area contributed by atoms with Gasteiger partial charge in [-0.3, -0.25) is 9.59 Å². The van der Waals surface area contributed by atoms with Gasteiger partial charge in [-0.05, 0) is 0 Å². The summed E-state index contributed by atoms with van der Waals surface area (Å²) in [6, 6.07) is -1.41. The number of carboxylic acids is 2. The summed E-state index contributed by atoms with van der Waals surface area (Å²) in [4.78, 5) is 31.8. The van der Waals surface area contributed by atoms with Crippen LogP contribution in [0.15, 0.2) is 0 Å². The predicted molar refractivity (Wildman–Crippen MR) is 49.9 cm³/mol. The van der Waals surface area contributed by atoms with E-state index in [4.69, 9.17) is 16.6 Å². The van der Waals surface area contributed by atoms with Crippen molar-refractivity contribution in [1.82, 2.24) is 5.32 Å². The first-order valence-electron chi connectivity index (χ1n) is 4.14. The summed E-state index contributed by atoms with van der Waals surface area (Å²) in [5, 5.41) is 19.0. The van der Waals surface area contributed by atoms with E-state index in [1.807, 2.05) is 0 Å². The maximum atomic E-state index is 11.0. The van der Waals surface area contributed by atoms with Crippen LogP contribution in [0.2, 0.25) is 0 Å². The fraction of sp³-hybridized carbons (Fsp3) is 0.444. The van der Waals surface area contributed by atoms with Crippen molar-refractivity contribution in [1.29, 1.82) is 0 Å². The SMILES string of the molecule is C#CCCC(=O)N[C@H](CC(=O)O)C(=O)O. The largest absolute Gasteiger partial charge is 0.481 e. The minimum atomic E-state index is -1.41. The van der Waals surface area contributed by atoms with E-state index in [0.717, 1.165) is 0 Å². The molecule has 0 unspecified atom stereocenters. The van der Waals surface area contributed by atoms with Crippen LogP contribution in [0.1, 0.15) is 19.3 Å². The zero-order chi connectivity index (χ0) is 11.8. The minimum Gasteiger partial charge on any atom is -0.481 e. The lowest BCUT2D eigenvalue weighted by atomic mass is 10.2. The number of hydrogen-bond acceptors (Lipinski definition) is 3. The molecular weight excluding hydrogens is 202 g/mol. The van der Waals surface area contributed by atoms with Gasteiger partial charge in [0.2, 0.25) is 5.91 Å². The van der Waals surface area contributed by atoms with Crippen molar-refractivity contribution in [3.8, 4) is 12.3 Å². The van der Waals surface area contributed by atoms with Gasteiger partial charge in [0.25, 0.3) is 0 Å². The number of hydrogen-bond donors (Lipinski definition) is 3. The van der Waals surface area contributed by atoms with E-state index in [1.54, 1.807) is 0 Å². The van der Waals surface area contributed by atoms with Crippen molar-refractivity contribution in [2.75, 3.05) is 0 Å². The lowest BCUT2D eigenvalue weighted by molar-refractivity contribution is -0.147. The molecule has 0 saturated carbocycles. The van der Waals surface area contributed by atoms with Crippen LogP contribution in [0.3, 0.4) is 0 Å². The molecule has 0 heterocycles. The van der Waals surface area contributed by atoms with Crippen molar-refractivity contribution in [3.63, 3.8) is 0 Å². The van der Waals surface area contributed by atoms with Crippen molar-refractivity contribution < 1.29 is 24.6 Å². The number of nitrogens with one attached hydrogen (secondary N) is 1. The highest BCUT2D eigenvalue weighted by Gasteiger charge is 2.22. The van der Waals surface area contributed by atoms with Crippen molar-refractivity contribution in [2.45, 2.75) is 25.3 Å². The monoisotopic (exact) mass is 213 g/mol. The minimum absolute atomic E-state index is 0.0140. The van der Waals surface area contributed by atoms with E-state index in [9.17, 15) is 14.4 Å². The van der Waals surface area contributed by atoms with E-state index in [1.165, 1.54) is 0 Å². The highest BCUT2D eigenvalue weighted by molar-refractivity contribution is 5.86. The Kier molecular flexibility index (Phi) is 5.56. The van der Waals surface area contributed by atoms with Gasteiger partial charge < -0.3 is 15.5 Å². The molecule has 0 bridgehead atoms. The van der Waals surface area contributed by atoms with Gasteiger partial charge in [-0.2, -0.15) is 0 Å². The third-order valence-electron chi connectivity index (χ3n) is 1.51. The molecule has 0 radical (unpaired) electrons. The van der Waals surface area contributed by atoms with Crippen LogP contribution < -0.4 is 5.32 Å². The molecule has 3 N–H and O–H groups in total. The zero-order valence-corrected chi connectivity index (χ0v) is 7.90. The Balaban J connectivity index is 4.17. The first-order chi connectivity index (χ1) is 6.97. The molecule has 15 heavy (non-hydrogen) atoms. The second-order valence-electron chi connectivity index (χ2n) is 2.76. The molecule has 0 aromatic carbocycles. The normalized spacial score (nSPS) is 11.1. The first-order valence-corrected chi connectivity index (χ1v) is 4.14. The van der Waals surface area contributed by atoms with Crippen molar-refractivity contribution in [3.05, 3.63) is 0 Å². The number of aliphatic carboxylic acids is 2. The second kappa shape index (κ2) is 6.43. The summed E-state index contributed by atoms with van der Waals surface area (Å²) in [5.74, 6) is -1.03. The summed E-state index contributed by atoms with van der Waals surface area (Å²) in [5.41, 5.74) is 0. The van der Waals surface area contributed by atoms with Gasteiger partial charge in [0.05, 0.1) is 6.42 Å². The number of carbonyl (C=O) groups is 3. The molecule has 1 atom stereocenters. The Labute approximate surface area is 86.3 Å². The maximum absolute atomic E-state index is 11.0. The van der Waals surface area contributed by atoms with E-state index in [-0.39, 0.29) is 12.8 Å². The van der Waals surface area contributed by atoms with Gasteiger partial charge in [0.15, 0.2) is 0 Å². The predicted octanol–water partition coefficient (Wildman–Crippen LogP) is -0.556. The number of carboxylic acid groups (broad SMARTS) is 2. The van der Waals surface area contributed by atoms with Crippen LogP contribution in [0, 0.1) is 12.3 Å². The average molecular weight is 213 g/mol. The van der Waals surface area contributed by atoms with Crippen LogP contribution >= 0.6 is 0 Å². The standard InChI is InChI=1S/C9H11NO5/c1-2-3-4-7(11)10-6(9(14)15)5-8(12)13/h1,6H,3-5H2,(H,10,11)(H,12,13)(H,14,15)/t6-/m1/s1. The lowest BCUT2D eigenvalue weighted by Crippen LogP contribution is -2.42. The second-order valence-corrected chi connectivity index (χ2v) is 2.76. The number of carbonyl (C=O) groups excluding carboxylic acids is 1. The van der Waals surface area contributed by atoms with Gasteiger partial charge in [-0.1, -0.05) is 0 Å². The van der Waals surface area contributed by atoms with Gasteiger partial charge in [0, 0.05) is 12.8 Å². The average Bonchev–Trinajstić information content (AvgIpc) is 2.12. The van der Waals surface area contributed by atoms with E-state index in [0.29, 0.717) is 0 Å². The summed E-state index contributed by atoms with van der Waals surface area (Å²) in [6.07, 6.45) is 4.42. The summed E-state index contributed by atoms with van der Waals surface area (Å²) < 4.78 is 0. The Bertz CT molecular complexity index is 304. The third kappa shape index (κ3) is 6.10.